The summed E-state index contributed by atoms with van der Waals surface area (Å²) in [5, 5.41) is 0. The fraction of sp³-hybridized carbons (Fsp3) is 0.500. The molecule has 0 saturated heterocycles. The summed E-state index contributed by atoms with van der Waals surface area (Å²) >= 11 is 4.87. The summed E-state index contributed by atoms with van der Waals surface area (Å²) in [5.74, 6) is 1.47. The van der Waals surface area contributed by atoms with E-state index >= 15 is 0 Å². The van der Waals surface area contributed by atoms with Gasteiger partial charge in [-0.25, -0.2) is 5.88 Å². The molecule has 2 heteroatoms. The van der Waals surface area contributed by atoms with Crippen molar-refractivity contribution >= 4 is 11.6 Å². The van der Waals surface area contributed by atoms with E-state index in [4.69, 9.17) is 11.6 Å². The SMILES string of the molecule is C[CH-]Cl.[Pd]. The zero-order chi connectivity index (χ0) is 2.71. The van der Waals surface area contributed by atoms with Crippen LogP contribution in [0.1, 0.15) is 6.92 Å². The number of hydrogen-bond donors (Lipinski definition) is 0. The average Bonchev–Trinajstić information content (AvgIpc) is 0.918. The van der Waals surface area contributed by atoms with Gasteiger partial charge in [-0.05, 0) is 0 Å². The molecular formula is C2H4ClPd-. The van der Waals surface area contributed by atoms with E-state index in [2.05, 4.69) is 0 Å². The second-order valence-electron chi connectivity index (χ2n) is 0.218. The van der Waals surface area contributed by atoms with E-state index in [1.807, 2.05) is 0 Å². The summed E-state index contributed by atoms with van der Waals surface area (Å²) in [7, 11) is 0. The predicted molar refractivity (Wildman–Crippen MR) is 15.8 cm³/mol. The molecule has 0 amide bonds. The largest absolute Gasteiger partial charge is 0.349 e. The molecule has 0 aliphatic rings. The third-order valence-corrected chi connectivity index (χ3v) is 0. The second kappa shape index (κ2) is 9.04. The van der Waals surface area contributed by atoms with Gasteiger partial charge in [0.2, 0.25) is 0 Å². The molecule has 0 saturated carbocycles. The molecule has 0 unspecified atom stereocenters. The first-order valence-corrected chi connectivity index (χ1v) is 1.23. The van der Waals surface area contributed by atoms with Crippen molar-refractivity contribution in [1.29, 1.82) is 0 Å². The smallest absolute Gasteiger partial charge is 0 e. The monoisotopic (exact) mass is 169 g/mol. The molecule has 0 fully saturated rings. The van der Waals surface area contributed by atoms with E-state index in [1.54, 1.807) is 6.92 Å². The van der Waals surface area contributed by atoms with Crippen LogP contribution in [0.3, 0.4) is 0 Å². The van der Waals surface area contributed by atoms with Crippen LogP contribution in [0, 0.1) is 5.88 Å². The van der Waals surface area contributed by atoms with Crippen molar-refractivity contribution in [3.63, 3.8) is 0 Å². The fourth-order valence-electron chi connectivity index (χ4n) is 0. The van der Waals surface area contributed by atoms with E-state index < -0.39 is 0 Å². The first-order valence-electron chi connectivity index (χ1n) is 0.796. The molecule has 0 bridgehead atoms. The van der Waals surface area contributed by atoms with Gasteiger partial charge < -0.3 is 11.6 Å². The Morgan fingerprint density at radius 3 is 1.75 bits per heavy atom. The third-order valence-electron chi connectivity index (χ3n) is 0. The Hall–Kier alpha value is 0.952. The minimum absolute atomic E-state index is 0. The van der Waals surface area contributed by atoms with Crippen molar-refractivity contribution in [2.24, 2.45) is 0 Å². The van der Waals surface area contributed by atoms with Crippen LogP contribution in [0.5, 0.6) is 0 Å². The first-order chi connectivity index (χ1) is 1.41. The Kier molecular flexibility index (Phi) is 20.1. The van der Waals surface area contributed by atoms with Crippen molar-refractivity contribution in [3.05, 3.63) is 5.88 Å². The quantitative estimate of drug-likeness (QED) is 0.380. The molecule has 0 atom stereocenters. The molecule has 4 heavy (non-hydrogen) atoms. The van der Waals surface area contributed by atoms with Gasteiger partial charge in [0.05, 0.1) is 0 Å². The molecule has 0 aromatic rings. The van der Waals surface area contributed by atoms with Gasteiger partial charge in [0, 0.05) is 20.4 Å². The fourth-order valence-corrected chi connectivity index (χ4v) is 0. The van der Waals surface area contributed by atoms with Gasteiger partial charge in [0.1, 0.15) is 0 Å². The predicted octanol–water partition coefficient (Wildman–Crippen LogP) is 1.40. The van der Waals surface area contributed by atoms with E-state index in [0.29, 0.717) is 0 Å². The van der Waals surface area contributed by atoms with Crippen molar-refractivity contribution in [1.82, 2.24) is 0 Å². The number of rotatable bonds is 0. The van der Waals surface area contributed by atoms with Gasteiger partial charge in [-0.15, -0.1) is 0 Å². The van der Waals surface area contributed by atoms with E-state index in [1.165, 1.54) is 5.88 Å². The summed E-state index contributed by atoms with van der Waals surface area (Å²) < 4.78 is 0. The zero-order valence-corrected chi connectivity index (χ0v) is 4.58. The van der Waals surface area contributed by atoms with Crippen LogP contribution < -0.4 is 0 Å². The molecular weight excluding hydrogens is 166 g/mol. The van der Waals surface area contributed by atoms with Crippen LogP contribution in [-0.4, -0.2) is 0 Å². The summed E-state index contributed by atoms with van der Waals surface area (Å²) in [4.78, 5) is 0. The third kappa shape index (κ3) is 12.4. The van der Waals surface area contributed by atoms with Crippen LogP contribution in [0.4, 0.5) is 0 Å². The van der Waals surface area contributed by atoms with Crippen molar-refractivity contribution < 1.29 is 20.4 Å². The summed E-state index contributed by atoms with van der Waals surface area (Å²) in [5.41, 5.74) is 0. The molecule has 0 N–H and O–H groups in total. The molecule has 0 aliphatic heterocycles. The van der Waals surface area contributed by atoms with Crippen molar-refractivity contribution in [3.8, 4) is 0 Å². The molecule has 0 aromatic heterocycles. The van der Waals surface area contributed by atoms with Crippen LogP contribution in [0.2, 0.25) is 0 Å². The maximum Gasteiger partial charge on any atom is 0 e. The maximum absolute atomic E-state index is 4.87. The minimum atomic E-state index is 0. The average molecular weight is 170 g/mol. The summed E-state index contributed by atoms with van der Waals surface area (Å²) in [6.45, 7) is 1.77. The molecule has 0 radical (unpaired) electrons. The zero-order valence-electron chi connectivity index (χ0n) is 2.27. The topological polar surface area (TPSA) is 0 Å². The molecule has 0 rings (SSSR count). The van der Waals surface area contributed by atoms with Crippen LogP contribution in [0.25, 0.3) is 0 Å². The molecule has 0 spiro atoms. The standard InChI is InChI=1S/C2H4Cl.Pd/c1-2-3;/h2H,1H3;/q-1;. The maximum atomic E-state index is 4.87. The van der Waals surface area contributed by atoms with E-state index in [0.717, 1.165) is 0 Å². The van der Waals surface area contributed by atoms with Crippen molar-refractivity contribution in [2.75, 3.05) is 0 Å². The Bertz CT molecular complexity index is 6.00. The van der Waals surface area contributed by atoms with Gasteiger partial charge in [0.15, 0.2) is 0 Å². The molecule has 0 aliphatic carbocycles. The van der Waals surface area contributed by atoms with Crippen LogP contribution >= 0.6 is 11.6 Å². The van der Waals surface area contributed by atoms with E-state index in [-0.39, 0.29) is 20.4 Å². The molecule has 0 heterocycles. The summed E-state index contributed by atoms with van der Waals surface area (Å²) in [6.07, 6.45) is 0. The van der Waals surface area contributed by atoms with Gasteiger partial charge in [-0.2, -0.15) is 6.92 Å². The van der Waals surface area contributed by atoms with Crippen LogP contribution in [-0.2, 0) is 20.4 Å². The van der Waals surface area contributed by atoms with Gasteiger partial charge >= 0.3 is 0 Å². The van der Waals surface area contributed by atoms with Gasteiger partial charge in [-0.1, -0.05) is 0 Å². The van der Waals surface area contributed by atoms with Crippen LogP contribution in [0.15, 0.2) is 0 Å². The summed E-state index contributed by atoms with van der Waals surface area (Å²) in [6, 6.07) is 0. The Labute approximate surface area is 45.2 Å². The van der Waals surface area contributed by atoms with Gasteiger partial charge in [-0.3, -0.25) is 0 Å². The van der Waals surface area contributed by atoms with Gasteiger partial charge in [0.25, 0.3) is 0 Å². The molecule has 0 aromatic carbocycles. The normalized spacial score (nSPS) is 4.50. The first kappa shape index (κ1) is 8.88. The van der Waals surface area contributed by atoms with Crippen molar-refractivity contribution in [2.45, 2.75) is 6.92 Å². The minimum Gasteiger partial charge on any atom is -0.349 e. The molecule has 0 nitrogen and oxygen atoms in total. The Balaban J connectivity index is 0. The molecule has 30 valence electrons. The Morgan fingerprint density at radius 2 is 1.75 bits per heavy atom. The Morgan fingerprint density at radius 1 is 1.75 bits per heavy atom. The number of halogens is 1. The van der Waals surface area contributed by atoms with E-state index in [9.17, 15) is 0 Å². The number of hydrogen-bond acceptors (Lipinski definition) is 0. The second-order valence-corrected chi connectivity index (χ2v) is 0.655.